The molecule has 0 spiro atoms. The van der Waals surface area contributed by atoms with Gasteiger partial charge in [0.05, 0.1) is 7.11 Å². The van der Waals surface area contributed by atoms with Crippen LogP contribution in [-0.2, 0) is 14.4 Å². The lowest BCUT2D eigenvalue weighted by molar-refractivity contribution is -0.127. The lowest BCUT2D eigenvalue weighted by Gasteiger charge is -2.34. The SMILES string of the molecule is COc1ccc([C@@H](C(=O)NC2CCCCC2)N(C(=O)CCCC(=O)Nc2ccccn2)c2cccc(C)c2)cc1. The molecule has 2 aromatic carbocycles. The van der Waals surface area contributed by atoms with Gasteiger partial charge >= 0.3 is 0 Å². The summed E-state index contributed by atoms with van der Waals surface area (Å²) in [6.07, 6.45) is 7.42. The van der Waals surface area contributed by atoms with Gasteiger partial charge in [0.15, 0.2) is 0 Å². The van der Waals surface area contributed by atoms with Crippen molar-refractivity contribution in [3.63, 3.8) is 0 Å². The standard InChI is InChI=1S/C32H38N4O4/c1-23-10-8-13-26(22-23)36(30(38)16-9-15-29(37)35-28-14-6-7-21-33-28)31(24-17-19-27(40-2)20-18-24)32(39)34-25-11-4-3-5-12-25/h6-8,10,13-14,17-22,25,31H,3-5,9,11-12,15-16H2,1-2H3,(H,34,39)(H,33,35,37)/t31-/m0/s1. The van der Waals surface area contributed by atoms with E-state index in [9.17, 15) is 14.4 Å². The zero-order chi connectivity index (χ0) is 28.3. The highest BCUT2D eigenvalue weighted by atomic mass is 16.5. The summed E-state index contributed by atoms with van der Waals surface area (Å²) in [5, 5.41) is 5.99. The predicted molar refractivity (Wildman–Crippen MR) is 156 cm³/mol. The quantitative estimate of drug-likeness (QED) is 0.322. The largest absolute Gasteiger partial charge is 0.497 e. The van der Waals surface area contributed by atoms with Crippen LogP contribution < -0.4 is 20.3 Å². The van der Waals surface area contributed by atoms with E-state index in [1.54, 1.807) is 48.5 Å². The van der Waals surface area contributed by atoms with Crippen molar-refractivity contribution in [3.05, 3.63) is 84.1 Å². The number of aromatic nitrogens is 1. The molecule has 0 saturated heterocycles. The molecule has 1 aliphatic rings. The molecule has 8 nitrogen and oxygen atoms in total. The van der Waals surface area contributed by atoms with E-state index < -0.39 is 6.04 Å². The minimum atomic E-state index is -0.871. The monoisotopic (exact) mass is 542 g/mol. The smallest absolute Gasteiger partial charge is 0.248 e. The summed E-state index contributed by atoms with van der Waals surface area (Å²) in [5.41, 5.74) is 2.31. The number of hydrogen-bond donors (Lipinski definition) is 2. The highest BCUT2D eigenvalue weighted by molar-refractivity contribution is 6.01. The van der Waals surface area contributed by atoms with Crippen LogP contribution in [0.1, 0.15) is 68.5 Å². The maximum atomic E-state index is 13.9. The Morgan fingerprint density at radius 1 is 0.975 bits per heavy atom. The molecule has 0 unspecified atom stereocenters. The zero-order valence-corrected chi connectivity index (χ0v) is 23.3. The Hall–Kier alpha value is -4.20. The van der Waals surface area contributed by atoms with Crippen LogP contribution in [-0.4, -0.2) is 35.9 Å². The molecule has 210 valence electrons. The molecule has 3 aromatic rings. The second kappa shape index (κ2) is 14.3. The van der Waals surface area contributed by atoms with Crippen LogP contribution in [0.4, 0.5) is 11.5 Å². The molecule has 0 bridgehead atoms. The summed E-state index contributed by atoms with van der Waals surface area (Å²) in [7, 11) is 1.59. The number of nitrogens with one attached hydrogen (secondary N) is 2. The molecular weight excluding hydrogens is 504 g/mol. The summed E-state index contributed by atoms with van der Waals surface area (Å²) < 4.78 is 5.33. The molecular formula is C32H38N4O4. The molecule has 40 heavy (non-hydrogen) atoms. The number of benzene rings is 2. The van der Waals surface area contributed by atoms with E-state index >= 15 is 0 Å². The fourth-order valence-corrected chi connectivity index (χ4v) is 5.11. The van der Waals surface area contributed by atoms with Crippen molar-refractivity contribution in [3.8, 4) is 5.75 Å². The first kappa shape index (κ1) is 28.8. The number of amides is 3. The number of carbonyl (C=O) groups is 3. The highest BCUT2D eigenvalue weighted by Crippen LogP contribution is 2.31. The van der Waals surface area contributed by atoms with Gasteiger partial charge in [-0.3, -0.25) is 19.3 Å². The van der Waals surface area contributed by atoms with Crippen LogP contribution in [0.15, 0.2) is 72.9 Å². The molecule has 0 aliphatic heterocycles. The number of ether oxygens (including phenoxy) is 1. The van der Waals surface area contributed by atoms with Gasteiger partial charge in [-0.25, -0.2) is 4.98 Å². The first-order chi connectivity index (χ1) is 19.4. The summed E-state index contributed by atoms with van der Waals surface area (Å²) in [6.45, 7) is 1.96. The molecule has 1 aromatic heterocycles. The van der Waals surface area contributed by atoms with Crippen LogP contribution >= 0.6 is 0 Å². The molecule has 3 amide bonds. The minimum Gasteiger partial charge on any atom is -0.497 e. The lowest BCUT2D eigenvalue weighted by atomic mass is 9.94. The number of rotatable bonds is 11. The number of methoxy groups -OCH3 is 1. The Morgan fingerprint density at radius 3 is 2.42 bits per heavy atom. The van der Waals surface area contributed by atoms with Crippen molar-refractivity contribution in [1.82, 2.24) is 10.3 Å². The number of nitrogens with zero attached hydrogens (tertiary/aromatic N) is 2. The summed E-state index contributed by atoms with van der Waals surface area (Å²) in [6, 6.07) is 19.4. The topological polar surface area (TPSA) is 101 Å². The number of aryl methyl sites for hydroxylation is 1. The number of hydrogen-bond acceptors (Lipinski definition) is 5. The van der Waals surface area contributed by atoms with Crippen molar-refractivity contribution in [2.45, 2.75) is 70.4 Å². The van der Waals surface area contributed by atoms with Crippen LogP contribution in [0.25, 0.3) is 0 Å². The second-order valence-corrected chi connectivity index (χ2v) is 10.2. The van der Waals surface area contributed by atoms with Crippen molar-refractivity contribution < 1.29 is 19.1 Å². The van der Waals surface area contributed by atoms with Gasteiger partial charge in [-0.05, 0) is 73.7 Å². The summed E-state index contributed by atoms with van der Waals surface area (Å²) in [5.74, 6) is 0.493. The van der Waals surface area contributed by atoms with Crippen molar-refractivity contribution in [2.75, 3.05) is 17.3 Å². The normalized spacial score (nSPS) is 14.2. The average Bonchev–Trinajstić information content (AvgIpc) is 2.97. The summed E-state index contributed by atoms with van der Waals surface area (Å²) >= 11 is 0. The van der Waals surface area contributed by atoms with Crippen molar-refractivity contribution in [1.29, 1.82) is 0 Å². The number of anilines is 2. The van der Waals surface area contributed by atoms with Crippen molar-refractivity contribution >= 4 is 29.2 Å². The lowest BCUT2D eigenvalue weighted by Crippen LogP contribution is -2.47. The number of carbonyl (C=O) groups excluding carboxylic acids is 3. The molecule has 1 saturated carbocycles. The van der Waals surface area contributed by atoms with E-state index in [4.69, 9.17) is 4.74 Å². The van der Waals surface area contributed by atoms with Gasteiger partial charge in [-0.1, -0.05) is 49.6 Å². The molecule has 1 fully saturated rings. The molecule has 2 N–H and O–H groups in total. The van der Waals surface area contributed by atoms with Crippen molar-refractivity contribution in [2.24, 2.45) is 0 Å². The van der Waals surface area contributed by atoms with Crippen LogP contribution in [0, 0.1) is 6.92 Å². The number of pyridine rings is 1. The second-order valence-electron chi connectivity index (χ2n) is 10.2. The van der Waals surface area contributed by atoms with E-state index in [-0.39, 0.29) is 36.6 Å². The summed E-state index contributed by atoms with van der Waals surface area (Å²) in [4.78, 5) is 46.0. The van der Waals surface area contributed by atoms with E-state index in [2.05, 4.69) is 15.6 Å². The molecule has 1 heterocycles. The van der Waals surface area contributed by atoms with E-state index in [0.29, 0.717) is 29.2 Å². The van der Waals surface area contributed by atoms with Gasteiger partial charge in [-0.2, -0.15) is 0 Å². The van der Waals surface area contributed by atoms with E-state index in [1.165, 1.54) is 6.42 Å². The Bertz CT molecular complexity index is 1270. The first-order valence-corrected chi connectivity index (χ1v) is 14.0. The van der Waals surface area contributed by atoms with Crippen LogP contribution in [0.2, 0.25) is 0 Å². The zero-order valence-electron chi connectivity index (χ0n) is 23.3. The molecule has 8 heteroatoms. The van der Waals surface area contributed by atoms with Gasteiger partial charge < -0.3 is 15.4 Å². The van der Waals surface area contributed by atoms with Gasteiger partial charge in [-0.15, -0.1) is 0 Å². The minimum absolute atomic E-state index is 0.0896. The Balaban J connectivity index is 1.58. The fraction of sp³-hybridized carbons (Fsp3) is 0.375. The Labute approximate surface area is 236 Å². The highest BCUT2D eigenvalue weighted by Gasteiger charge is 2.34. The van der Waals surface area contributed by atoms with Gasteiger partial charge in [0.25, 0.3) is 0 Å². The molecule has 1 aliphatic carbocycles. The average molecular weight is 543 g/mol. The Kier molecular flexibility index (Phi) is 10.3. The van der Waals surface area contributed by atoms with Gasteiger partial charge in [0, 0.05) is 30.8 Å². The first-order valence-electron chi connectivity index (χ1n) is 14.0. The van der Waals surface area contributed by atoms with E-state index in [1.807, 2.05) is 43.3 Å². The van der Waals surface area contributed by atoms with E-state index in [0.717, 1.165) is 31.2 Å². The fourth-order valence-electron chi connectivity index (χ4n) is 5.11. The Morgan fingerprint density at radius 2 is 1.75 bits per heavy atom. The third-order valence-corrected chi connectivity index (χ3v) is 7.17. The third-order valence-electron chi connectivity index (χ3n) is 7.17. The van der Waals surface area contributed by atoms with Crippen LogP contribution in [0.3, 0.4) is 0 Å². The third kappa shape index (κ3) is 7.91. The molecule has 4 rings (SSSR count). The molecule has 1 atom stereocenters. The van der Waals surface area contributed by atoms with Crippen LogP contribution in [0.5, 0.6) is 5.75 Å². The maximum Gasteiger partial charge on any atom is 0.248 e. The maximum absolute atomic E-state index is 13.9. The predicted octanol–water partition coefficient (Wildman–Crippen LogP) is 5.73. The van der Waals surface area contributed by atoms with Gasteiger partial charge in [0.2, 0.25) is 17.7 Å². The van der Waals surface area contributed by atoms with Gasteiger partial charge in [0.1, 0.15) is 17.6 Å². The molecule has 0 radical (unpaired) electrons.